The number of rotatable bonds is 4. The lowest BCUT2D eigenvalue weighted by Crippen LogP contribution is -2.30. The number of nitro groups is 1. The maximum absolute atomic E-state index is 10.7. The Morgan fingerprint density at radius 3 is 2.26 bits per heavy atom. The third-order valence-corrected chi connectivity index (χ3v) is 2.72. The molecule has 0 amide bonds. The van der Waals surface area contributed by atoms with Crippen molar-refractivity contribution in [2.45, 2.75) is 26.0 Å². The fourth-order valence-electron chi connectivity index (χ4n) is 1.57. The Hall–Kier alpha value is -1.57. The molecule has 0 spiro atoms. The summed E-state index contributed by atoms with van der Waals surface area (Å²) in [5.41, 5.74) is 5.31. The molecule has 0 unspecified atom stereocenters. The molecule has 1 rings (SSSR count). The van der Waals surface area contributed by atoms with Gasteiger partial charge in [-0.2, -0.15) is 0 Å². The predicted octanol–water partition coefficient (Wildman–Crippen LogP) is 1.44. The number of phenols is 2. The summed E-state index contributed by atoms with van der Waals surface area (Å²) in [7, 11) is 0. The number of nitrogens with two attached hydrogens (primary N) is 1. The highest BCUT2D eigenvalue weighted by atomic mass is 35.5. The number of phenolic OH excluding ortho intramolecular Hbond substituents is 2. The van der Waals surface area contributed by atoms with Gasteiger partial charge in [0.25, 0.3) is 0 Å². The first kappa shape index (κ1) is 17.4. The van der Waals surface area contributed by atoms with E-state index < -0.39 is 34.3 Å². The van der Waals surface area contributed by atoms with Crippen molar-refractivity contribution < 1.29 is 20.2 Å². The van der Waals surface area contributed by atoms with Gasteiger partial charge in [0.1, 0.15) is 0 Å². The monoisotopic (exact) mass is 292 g/mol. The summed E-state index contributed by atoms with van der Waals surface area (Å²) in [4.78, 5) is 9.86. The Morgan fingerprint density at radius 2 is 1.84 bits per heavy atom. The van der Waals surface area contributed by atoms with E-state index in [4.69, 9.17) is 5.73 Å². The van der Waals surface area contributed by atoms with Crippen LogP contribution in [0.2, 0.25) is 0 Å². The molecule has 0 aliphatic heterocycles. The standard InChI is InChI=1S/C11H16N2O5.ClH/c1-5(2)10(15)9(12)6-3-7(13(17)18)11(16)8(14)4-6;/h3-5,9-10,14-16H,12H2,1-2H3;1H/t9-,10+;/m0./s1. The second kappa shape index (κ2) is 6.55. The Labute approximate surface area is 116 Å². The van der Waals surface area contributed by atoms with Gasteiger partial charge in [0, 0.05) is 6.07 Å². The number of halogens is 1. The number of hydrogen-bond donors (Lipinski definition) is 4. The first-order valence-electron chi connectivity index (χ1n) is 5.39. The maximum atomic E-state index is 10.7. The van der Waals surface area contributed by atoms with Crippen LogP contribution in [0.3, 0.4) is 0 Å². The Kier molecular flexibility index (Phi) is 6.01. The average Bonchev–Trinajstić information content (AvgIpc) is 2.29. The zero-order valence-corrected chi connectivity index (χ0v) is 11.3. The molecule has 0 aliphatic rings. The maximum Gasteiger partial charge on any atom is 0.314 e. The third kappa shape index (κ3) is 3.69. The molecule has 5 N–H and O–H groups in total. The lowest BCUT2D eigenvalue weighted by molar-refractivity contribution is -0.386. The summed E-state index contributed by atoms with van der Waals surface area (Å²) in [5.74, 6) is -1.59. The molecule has 0 saturated heterocycles. The summed E-state index contributed by atoms with van der Waals surface area (Å²) in [6.45, 7) is 3.50. The van der Waals surface area contributed by atoms with Crippen molar-refractivity contribution in [1.82, 2.24) is 0 Å². The molecule has 0 aromatic heterocycles. The fourth-order valence-corrected chi connectivity index (χ4v) is 1.57. The van der Waals surface area contributed by atoms with Crippen molar-refractivity contribution in [3.05, 3.63) is 27.8 Å². The summed E-state index contributed by atoms with van der Waals surface area (Å²) < 4.78 is 0. The minimum absolute atomic E-state index is 0. The normalized spacial score (nSPS) is 13.7. The summed E-state index contributed by atoms with van der Waals surface area (Å²) in [5, 5.41) is 39.2. The molecular formula is C11H17ClN2O5. The summed E-state index contributed by atoms with van der Waals surface area (Å²) >= 11 is 0. The average molecular weight is 293 g/mol. The molecule has 0 bridgehead atoms. The van der Waals surface area contributed by atoms with E-state index in [-0.39, 0.29) is 23.9 Å². The first-order valence-corrected chi connectivity index (χ1v) is 5.39. The van der Waals surface area contributed by atoms with Gasteiger partial charge in [-0.25, -0.2) is 0 Å². The van der Waals surface area contributed by atoms with Crippen LogP contribution >= 0.6 is 12.4 Å². The molecule has 8 heteroatoms. The van der Waals surface area contributed by atoms with Gasteiger partial charge in [-0.1, -0.05) is 13.8 Å². The summed E-state index contributed by atoms with van der Waals surface area (Å²) in [6, 6.07) is 1.28. The van der Waals surface area contributed by atoms with Gasteiger partial charge in [0.05, 0.1) is 17.1 Å². The fraction of sp³-hybridized carbons (Fsp3) is 0.455. The molecular weight excluding hydrogens is 276 g/mol. The number of nitrogens with zero attached hydrogens (tertiary/aromatic N) is 1. The Balaban J connectivity index is 0.00000324. The van der Waals surface area contributed by atoms with Gasteiger partial charge in [-0.05, 0) is 17.5 Å². The van der Waals surface area contributed by atoms with Crippen molar-refractivity contribution in [2.75, 3.05) is 0 Å². The van der Waals surface area contributed by atoms with Gasteiger partial charge in [0.2, 0.25) is 5.75 Å². The molecule has 0 heterocycles. The first-order chi connectivity index (χ1) is 8.25. The van der Waals surface area contributed by atoms with E-state index in [0.717, 1.165) is 12.1 Å². The number of aliphatic hydroxyl groups is 1. The summed E-state index contributed by atoms with van der Waals surface area (Å²) in [6.07, 6.45) is -0.909. The van der Waals surface area contributed by atoms with Crippen molar-refractivity contribution in [1.29, 1.82) is 0 Å². The van der Waals surface area contributed by atoms with Crippen molar-refractivity contribution >= 4 is 18.1 Å². The van der Waals surface area contributed by atoms with Gasteiger partial charge in [-0.3, -0.25) is 10.1 Å². The van der Waals surface area contributed by atoms with Crippen molar-refractivity contribution in [3.63, 3.8) is 0 Å². The van der Waals surface area contributed by atoms with Crippen LogP contribution in [0.15, 0.2) is 12.1 Å². The molecule has 7 nitrogen and oxygen atoms in total. The smallest absolute Gasteiger partial charge is 0.314 e. The molecule has 2 atom stereocenters. The number of hydrogen-bond acceptors (Lipinski definition) is 6. The third-order valence-electron chi connectivity index (χ3n) is 2.72. The minimum atomic E-state index is -0.909. The number of aliphatic hydroxyl groups excluding tert-OH is 1. The van der Waals surface area contributed by atoms with Crippen LogP contribution in [-0.4, -0.2) is 26.3 Å². The van der Waals surface area contributed by atoms with E-state index in [1.807, 2.05) is 0 Å². The quantitative estimate of drug-likeness (QED) is 0.377. The SMILES string of the molecule is CC(C)[C@@H](O)[C@@H](N)c1cc(O)c(O)c([N+](=O)[O-])c1.Cl. The van der Waals surface area contributed by atoms with Gasteiger partial charge < -0.3 is 21.1 Å². The molecule has 108 valence electrons. The minimum Gasteiger partial charge on any atom is -0.504 e. The number of benzene rings is 1. The molecule has 19 heavy (non-hydrogen) atoms. The van der Waals surface area contributed by atoms with Crippen LogP contribution in [-0.2, 0) is 0 Å². The van der Waals surface area contributed by atoms with E-state index in [1.54, 1.807) is 13.8 Å². The van der Waals surface area contributed by atoms with E-state index >= 15 is 0 Å². The van der Waals surface area contributed by atoms with Crippen LogP contribution in [0.25, 0.3) is 0 Å². The second-order valence-corrected chi connectivity index (χ2v) is 4.43. The Morgan fingerprint density at radius 1 is 1.32 bits per heavy atom. The predicted molar refractivity (Wildman–Crippen MR) is 71.4 cm³/mol. The highest BCUT2D eigenvalue weighted by Crippen LogP contribution is 2.38. The van der Waals surface area contributed by atoms with Gasteiger partial charge in [0.15, 0.2) is 5.75 Å². The van der Waals surface area contributed by atoms with E-state index in [9.17, 15) is 25.4 Å². The lowest BCUT2D eigenvalue weighted by atomic mass is 9.94. The zero-order chi connectivity index (χ0) is 14.0. The van der Waals surface area contributed by atoms with Gasteiger partial charge >= 0.3 is 5.69 Å². The number of nitro benzene ring substituents is 1. The molecule has 0 fully saturated rings. The van der Waals surface area contributed by atoms with E-state index in [0.29, 0.717) is 0 Å². The van der Waals surface area contributed by atoms with Crippen LogP contribution in [0.5, 0.6) is 11.5 Å². The number of aromatic hydroxyl groups is 2. The second-order valence-electron chi connectivity index (χ2n) is 4.43. The molecule has 0 saturated carbocycles. The molecule has 0 aliphatic carbocycles. The highest BCUT2D eigenvalue weighted by molar-refractivity contribution is 5.85. The lowest BCUT2D eigenvalue weighted by Gasteiger charge is -2.22. The van der Waals surface area contributed by atoms with E-state index in [2.05, 4.69) is 0 Å². The molecule has 0 radical (unpaired) electrons. The van der Waals surface area contributed by atoms with Gasteiger partial charge in [-0.15, -0.1) is 12.4 Å². The van der Waals surface area contributed by atoms with Crippen LogP contribution in [0.1, 0.15) is 25.5 Å². The van der Waals surface area contributed by atoms with Crippen molar-refractivity contribution in [3.8, 4) is 11.5 Å². The van der Waals surface area contributed by atoms with E-state index in [1.165, 1.54) is 0 Å². The Bertz CT molecular complexity index is 467. The highest BCUT2D eigenvalue weighted by Gasteiger charge is 2.25. The van der Waals surface area contributed by atoms with Crippen LogP contribution in [0.4, 0.5) is 5.69 Å². The molecule has 1 aromatic carbocycles. The topological polar surface area (TPSA) is 130 Å². The van der Waals surface area contributed by atoms with Crippen molar-refractivity contribution in [2.24, 2.45) is 11.7 Å². The zero-order valence-electron chi connectivity index (χ0n) is 10.5. The largest absolute Gasteiger partial charge is 0.504 e. The van der Waals surface area contributed by atoms with Crippen LogP contribution < -0.4 is 5.73 Å². The molecule has 1 aromatic rings. The van der Waals surface area contributed by atoms with Crippen LogP contribution in [0, 0.1) is 16.0 Å².